The maximum atomic E-state index is 9.58. The van der Waals surface area contributed by atoms with Gasteiger partial charge in [0.05, 0.1) is 16.0 Å². The minimum Gasteiger partial charge on any atom is -0.507 e. The molecule has 1 aromatic rings. The Morgan fingerprint density at radius 2 is 2.00 bits per heavy atom. The molecule has 0 aliphatic carbocycles. The Labute approximate surface area is 92.3 Å². The van der Waals surface area contributed by atoms with Crippen LogP contribution in [0.2, 0.25) is 0 Å². The van der Waals surface area contributed by atoms with Gasteiger partial charge in [-0.3, -0.25) is 0 Å². The van der Waals surface area contributed by atoms with Gasteiger partial charge in [0.25, 0.3) is 0 Å². The molecule has 0 radical (unpaired) electrons. The summed E-state index contributed by atoms with van der Waals surface area (Å²) < 4.78 is 0.690. The normalized spacial score (nSPS) is 11.1. The van der Waals surface area contributed by atoms with Crippen LogP contribution in [0.3, 0.4) is 0 Å². The van der Waals surface area contributed by atoms with Crippen molar-refractivity contribution in [2.24, 2.45) is 0 Å². The number of phenolic OH excluding ortho intramolecular Hbond substituents is 1. The van der Waals surface area contributed by atoms with Crippen molar-refractivity contribution in [1.29, 1.82) is 5.26 Å². The molecule has 14 heavy (non-hydrogen) atoms. The predicted molar refractivity (Wildman–Crippen MR) is 59.2 cm³/mol. The summed E-state index contributed by atoms with van der Waals surface area (Å²) in [4.78, 5) is 0. The zero-order valence-corrected chi connectivity index (χ0v) is 10.0. The fourth-order valence-corrected chi connectivity index (χ4v) is 1.41. The number of nitrogens with zero attached hydrogens (tertiary/aromatic N) is 1. The predicted octanol–water partition coefficient (Wildman–Crippen LogP) is 3.26. The van der Waals surface area contributed by atoms with Gasteiger partial charge < -0.3 is 5.11 Å². The quantitative estimate of drug-likeness (QED) is 0.835. The number of hydrogen-bond donors (Lipinski definition) is 1. The summed E-state index contributed by atoms with van der Waals surface area (Å²) in [6.45, 7) is 5.55. The molecule has 0 unspecified atom stereocenters. The molecule has 0 bridgehead atoms. The summed E-state index contributed by atoms with van der Waals surface area (Å²) in [5.74, 6) is 0.184. The highest BCUT2D eigenvalue weighted by atomic mass is 79.9. The third kappa shape index (κ3) is 1.91. The van der Waals surface area contributed by atoms with Crippen LogP contribution in [0.5, 0.6) is 5.75 Å². The molecule has 0 aliphatic heterocycles. The largest absolute Gasteiger partial charge is 0.507 e. The van der Waals surface area contributed by atoms with Gasteiger partial charge in [0.1, 0.15) is 5.75 Å². The van der Waals surface area contributed by atoms with E-state index in [1.807, 2.05) is 26.8 Å². The van der Waals surface area contributed by atoms with E-state index in [4.69, 9.17) is 5.26 Å². The monoisotopic (exact) mass is 253 g/mol. The van der Waals surface area contributed by atoms with Gasteiger partial charge in [-0.1, -0.05) is 6.07 Å². The molecule has 1 aromatic carbocycles. The topological polar surface area (TPSA) is 44.0 Å². The summed E-state index contributed by atoms with van der Waals surface area (Å²) in [5.41, 5.74) is 1.20. The second kappa shape index (κ2) is 3.62. The first-order valence-electron chi connectivity index (χ1n) is 4.29. The number of phenols is 1. The minimum absolute atomic E-state index is 0.184. The first-order valence-corrected chi connectivity index (χ1v) is 5.08. The van der Waals surface area contributed by atoms with Gasteiger partial charge in [-0.05, 0) is 53.9 Å². The van der Waals surface area contributed by atoms with Crippen LogP contribution in [-0.4, -0.2) is 5.11 Å². The van der Waals surface area contributed by atoms with Crippen LogP contribution >= 0.6 is 15.9 Å². The molecule has 0 heterocycles. The molecular weight excluding hydrogens is 242 g/mol. The molecule has 2 nitrogen and oxygen atoms in total. The number of nitriles is 1. The number of benzene rings is 1. The Morgan fingerprint density at radius 3 is 2.43 bits per heavy atom. The summed E-state index contributed by atoms with van der Waals surface area (Å²) in [5, 5.41) is 18.5. The summed E-state index contributed by atoms with van der Waals surface area (Å²) in [7, 11) is 0. The highest BCUT2D eigenvalue weighted by molar-refractivity contribution is 9.10. The number of aryl methyl sites for hydroxylation is 1. The average Bonchev–Trinajstić information content (AvgIpc) is 2.13. The van der Waals surface area contributed by atoms with Crippen molar-refractivity contribution in [3.05, 3.63) is 27.7 Å². The summed E-state index contributed by atoms with van der Waals surface area (Å²) in [6.07, 6.45) is 0. The number of halogens is 1. The Balaban J connectivity index is 3.35. The van der Waals surface area contributed by atoms with Gasteiger partial charge in [0.15, 0.2) is 0 Å². The molecule has 0 saturated heterocycles. The van der Waals surface area contributed by atoms with Crippen molar-refractivity contribution in [3.63, 3.8) is 0 Å². The van der Waals surface area contributed by atoms with Crippen LogP contribution in [0.25, 0.3) is 0 Å². The first-order chi connectivity index (χ1) is 6.38. The van der Waals surface area contributed by atoms with Crippen LogP contribution < -0.4 is 0 Å². The fraction of sp³-hybridized carbons (Fsp3) is 0.364. The van der Waals surface area contributed by atoms with Crippen molar-refractivity contribution in [2.75, 3.05) is 0 Å². The van der Waals surface area contributed by atoms with E-state index in [0.29, 0.717) is 4.47 Å². The molecule has 1 rings (SSSR count). The number of hydrogen-bond acceptors (Lipinski definition) is 2. The highest BCUT2D eigenvalue weighted by Gasteiger charge is 2.21. The van der Waals surface area contributed by atoms with Gasteiger partial charge in [0.2, 0.25) is 0 Å². The third-order valence-electron chi connectivity index (χ3n) is 2.24. The zero-order valence-electron chi connectivity index (χ0n) is 8.43. The Hall–Kier alpha value is -1.01. The van der Waals surface area contributed by atoms with E-state index < -0.39 is 5.41 Å². The van der Waals surface area contributed by atoms with Crippen LogP contribution in [0.15, 0.2) is 16.6 Å². The lowest BCUT2D eigenvalue weighted by Crippen LogP contribution is -2.13. The molecule has 0 aliphatic rings. The Morgan fingerprint density at radius 1 is 1.43 bits per heavy atom. The standard InChI is InChI=1S/C11H12BrNO/c1-7-4-8(11(2,3)6-13)5-9(14)10(7)12/h4-5,14H,1-3H3. The van der Waals surface area contributed by atoms with Gasteiger partial charge in [0, 0.05) is 0 Å². The van der Waals surface area contributed by atoms with E-state index in [0.717, 1.165) is 11.1 Å². The van der Waals surface area contributed by atoms with Crippen molar-refractivity contribution in [2.45, 2.75) is 26.2 Å². The van der Waals surface area contributed by atoms with Crippen LogP contribution in [0.1, 0.15) is 25.0 Å². The van der Waals surface area contributed by atoms with E-state index >= 15 is 0 Å². The number of rotatable bonds is 1. The molecule has 0 spiro atoms. The van der Waals surface area contributed by atoms with Gasteiger partial charge in [-0.25, -0.2) is 0 Å². The smallest absolute Gasteiger partial charge is 0.130 e. The molecule has 0 atom stereocenters. The molecular formula is C11H12BrNO. The summed E-state index contributed by atoms with van der Waals surface area (Å²) >= 11 is 3.27. The minimum atomic E-state index is -0.567. The van der Waals surface area contributed by atoms with Crippen molar-refractivity contribution < 1.29 is 5.11 Å². The molecule has 0 amide bonds. The molecule has 1 N–H and O–H groups in total. The zero-order chi connectivity index (χ0) is 10.9. The summed E-state index contributed by atoms with van der Waals surface area (Å²) in [6, 6.07) is 5.74. The average molecular weight is 254 g/mol. The van der Waals surface area contributed by atoms with Crippen molar-refractivity contribution in [1.82, 2.24) is 0 Å². The van der Waals surface area contributed by atoms with Crippen molar-refractivity contribution >= 4 is 15.9 Å². The highest BCUT2D eigenvalue weighted by Crippen LogP contribution is 2.33. The van der Waals surface area contributed by atoms with E-state index in [-0.39, 0.29) is 5.75 Å². The van der Waals surface area contributed by atoms with Gasteiger partial charge in [-0.15, -0.1) is 0 Å². The fourth-order valence-electron chi connectivity index (χ4n) is 1.18. The molecule has 74 valence electrons. The molecule has 3 heteroatoms. The molecule has 0 aromatic heterocycles. The molecule has 0 saturated carbocycles. The maximum Gasteiger partial charge on any atom is 0.130 e. The second-order valence-corrected chi connectivity index (χ2v) is 4.66. The lowest BCUT2D eigenvalue weighted by molar-refractivity contribution is 0.469. The lowest BCUT2D eigenvalue weighted by atomic mass is 9.85. The third-order valence-corrected chi connectivity index (χ3v) is 3.27. The van der Waals surface area contributed by atoms with Crippen LogP contribution in [-0.2, 0) is 5.41 Å². The van der Waals surface area contributed by atoms with Crippen LogP contribution in [0, 0.1) is 18.3 Å². The van der Waals surface area contributed by atoms with E-state index in [1.165, 1.54) is 0 Å². The van der Waals surface area contributed by atoms with Gasteiger partial charge in [-0.2, -0.15) is 5.26 Å². The van der Waals surface area contributed by atoms with Gasteiger partial charge >= 0.3 is 0 Å². The second-order valence-electron chi connectivity index (χ2n) is 3.86. The van der Waals surface area contributed by atoms with Crippen molar-refractivity contribution in [3.8, 4) is 11.8 Å². The van der Waals surface area contributed by atoms with E-state index in [1.54, 1.807) is 6.07 Å². The lowest BCUT2D eigenvalue weighted by Gasteiger charge is -2.17. The number of aromatic hydroxyl groups is 1. The SMILES string of the molecule is Cc1cc(C(C)(C)C#N)cc(O)c1Br. The van der Waals surface area contributed by atoms with E-state index in [2.05, 4.69) is 22.0 Å². The maximum absolute atomic E-state index is 9.58. The first kappa shape index (κ1) is 11.1. The Bertz CT molecular complexity index is 381. The molecule has 0 fully saturated rings. The van der Waals surface area contributed by atoms with Crippen LogP contribution in [0.4, 0.5) is 0 Å². The van der Waals surface area contributed by atoms with E-state index in [9.17, 15) is 5.11 Å². The Kier molecular flexibility index (Phi) is 2.86.